The average molecular weight is 258 g/mol. The van der Waals surface area contributed by atoms with Gasteiger partial charge in [0.15, 0.2) is 0 Å². The van der Waals surface area contributed by atoms with Gasteiger partial charge in [0.1, 0.15) is 5.82 Å². The molecular weight excluding hydrogens is 239 g/mol. The fraction of sp³-hybridized carbons (Fsp3) is 0.312. The zero-order chi connectivity index (χ0) is 13.9. The molecule has 0 spiro atoms. The predicted molar refractivity (Wildman–Crippen MR) is 75.5 cm³/mol. The van der Waals surface area contributed by atoms with E-state index < -0.39 is 0 Å². The van der Waals surface area contributed by atoms with Crippen LogP contribution in [0.3, 0.4) is 0 Å². The van der Waals surface area contributed by atoms with Gasteiger partial charge >= 0.3 is 0 Å². The average Bonchev–Trinajstić information content (AvgIpc) is 2.41. The van der Waals surface area contributed by atoms with Crippen molar-refractivity contribution in [2.45, 2.75) is 25.3 Å². The molecule has 2 aromatic rings. The van der Waals surface area contributed by atoms with Gasteiger partial charge in [0.25, 0.3) is 0 Å². The summed E-state index contributed by atoms with van der Waals surface area (Å²) in [5.41, 5.74) is 2.06. The summed E-state index contributed by atoms with van der Waals surface area (Å²) in [4.78, 5) is 4.17. The first-order valence-corrected chi connectivity index (χ1v) is 6.39. The lowest BCUT2D eigenvalue weighted by Gasteiger charge is -2.35. The molecule has 0 amide bonds. The topological polar surface area (TPSA) is 24.9 Å². The second kappa shape index (κ2) is 5.49. The summed E-state index contributed by atoms with van der Waals surface area (Å²) >= 11 is 0. The Morgan fingerprint density at radius 1 is 1.16 bits per heavy atom. The quantitative estimate of drug-likeness (QED) is 0.908. The number of rotatable bonds is 4. The number of benzene rings is 1. The number of nitrogens with one attached hydrogen (secondary N) is 1. The van der Waals surface area contributed by atoms with Crippen molar-refractivity contribution in [3.05, 3.63) is 65.7 Å². The first-order valence-electron chi connectivity index (χ1n) is 6.39. The van der Waals surface area contributed by atoms with E-state index in [2.05, 4.69) is 30.2 Å². The minimum atomic E-state index is -0.207. The standard InChI is InChI=1S/C16H19FN2/c1-16(2,13-6-8-14(17)9-7-13)15(18-3)12-5-4-10-19-11-12/h4-11,15,18H,1-3H3. The molecule has 0 fully saturated rings. The molecule has 19 heavy (non-hydrogen) atoms. The molecule has 1 heterocycles. The molecule has 0 radical (unpaired) electrons. The third kappa shape index (κ3) is 2.82. The Kier molecular flexibility index (Phi) is 3.96. The van der Waals surface area contributed by atoms with Crippen LogP contribution in [-0.4, -0.2) is 12.0 Å². The summed E-state index contributed by atoms with van der Waals surface area (Å²) in [5, 5.41) is 3.34. The molecule has 2 rings (SSSR count). The summed E-state index contributed by atoms with van der Waals surface area (Å²) in [6.45, 7) is 4.29. The van der Waals surface area contributed by atoms with E-state index in [0.717, 1.165) is 11.1 Å². The highest BCUT2D eigenvalue weighted by Crippen LogP contribution is 2.36. The van der Waals surface area contributed by atoms with Gasteiger partial charge in [-0.15, -0.1) is 0 Å². The van der Waals surface area contributed by atoms with Gasteiger partial charge in [-0.25, -0.2) is 4.39 Å². The van der Waals surface area contributed by atoms with Crippen molar-refractivity contribution in [1.82, 2.24) is 10.3 Å². The van der Waals surface area contributed by atoms with Gasteiger partial charge in [0.2, 0.25) is 0 Å². The van der Waals surface area contributed by atoms with Crippen LogP contribution in [0.2, 0.25) is 0 Å². The highest BCUT2D eigenvalue weighted by Gasteiger charge is 2.31. The van der Waals surface area contributed by atoms with E-state index in [1.807, 2.05) is 31.4 Å². The summed E-state index contributed by atoms with van der Waals surface area (Å²) < 4.78 is 13.1. The summed E-state index contributed by atoms with van der Waals surface area (Å²) in [6.07, 6.45) is 3.63. The van der Waals surface area contributed by atoms with Crippen LogP contribution in [-0.2, 0) is 5.41 Å². The van der Waals surface area contributed by atoms with Crippen molar-refractivity contribution in [1.29, 1.82) is 0 Å². The van der Waals surface area contributed by atoms with Crippen LogP contribution in [0, 0.1) is 5.82 Å². The van der Waals surface area contributed by atoms with Gasteiger partial charge in [0, 0.05) is 23.9 Å². The van der Waals surface area contributed by atoms with Gasteiger partial charge < -0.3 is 5.32 Å². The van der Waals surface area contributed by atoms with E-state index in [4.69, 9.17) is 0 Å². The molecule has 1 unspecified atom stereocenters. The lowest BCUT2D eigenvalue weighted by atomic mass is 9.75. The Labute approximate surface area is 113 Å². The molecule has 0 aliphatic rings. The first-order chi connectivity index (χ1) is 9.05. The molecule has 0 saturated heterocycles. The Hall–Kier alpha value is -1.74. The lowest BCUT2D eigenvalue weighted by molar-refractivity contribution is 0.367. The zero-order valence-electron chi connectivity index (χ0n) is 11.5. The van der Waals surface area contributed by atoms with Crippen molar-refractivity contribution < 1.29 is 4.39 Å². The van der Waals surface area contributed by atoms with Crippen molar-refractivity contribution in [2.75, 3.05) is 7.05 Å². The molecule has 0 saturated carbocycles. The van der Waals surface area contributed by atoms with Crippen molar-refractivity contribution in [2.24, 2.45) is 0 Å². The molecular formula is C16H19FN2. The number of hydrogen-bond acceptors (Lipinski definition) is 2. The Bertz CT molecular complexity index is 520. The van der Waals surface area contributed by atoms with Gasteiger partial charge in [-0.2, -0.15) is 0 Å². The van der Waals surface area contributed by atoms with Crippen LogP contribution in [0.1, 0.15) is 31.0 Å². The SMILES string of the molecule is CNC(c1cccnc1)C(C)(C)c1ccc(F)cc1. The minimum Gasteiger partial charge on any atom is -0.312 e. The fourth-order valence-corrected chi connectivity index (χ4v) is 2.54. The maximum Gasteiger partial charge on any atom is 0.123 e. The molecule has 1 atom stereocenters. The van der Waals surface area contributed by atoms with E-state index >= 15 is 0 Å². The monoisotopic (exact) mass is 258 g/mol. The largest absolute Gasteiger partial charge is 0.312 e. The Balaban J connectivity index is 2.38. The summed E-state index contributed by atoms with van der Waals surface area (Å²) in [5.74, 6) is -0.207. The molecule has 1 aromatic carbocycles. The van der Waals surface area contributed by atoms with Crippen molar-refractivity contribution in [3.8, 4) is 0 Å². The highest BCUT2D eigenvalue weighted by atomic mass is 19.1. The predicted octanol–water partition coefficient (Wildman–Crippen LogP) is 3.46. The van der Waals surface area contributed by atoms with E-state index in [1.54, 1.807) is 6.20 Å². The van der Waals surface area contributed by atoms with Crippen LogP contribution in [0.15, 0.2) is 48.8 Å². The number of likely N-dealkylation sites (N-methyl/N-ethyl adjacent to an activating group) is 1. The summed E-state index contributed by atoms with van der Waals surface area (Å²) in [7, 11) is 1.93. The van der Waals surface area contributed by atoms with Crippen molar-refractivity contribution >= 4 is 0 Å². The number of pyridine rings is 1. The maximum absolute atomic E-state index is 13.1. The highest BCUT2D eigenvalue weighted by molar-refractivity contribution is 5.30. The van der Waals surface area contributed by atoms with Gasteiger partial charge in [-0.3, -0.25) is 4.98 Å². The van der Waals surface area contributed by atoms with E-state index in [1.165, 1.54) is 12.1 Å². The normalized spacial score (nSPS) is 13.3. The third-order valence-corrected chi connectivity index (χ3v) is 3.62. The van der Waals surface area contributed by atoms with Crippen LogP contribution >= 0.6 is 0 Å². The number of nitrogens with zero attached hydrogens (tertiary/aromatic N) is 1. The molecule has 0 aliphatic carbocycles. The fourth-order valence-electron chi connectivity index (χ4n) is 2.54. The maximum atomic E-state index is 13.1. The molecule has 100 valence electrons. The molecule has 3 heteroatoms. The number of halogens is 1. The van der Waals surface area contributed by atoms with Crippen LogP contribution in [0.25, 0.3) is 0 Å². The summed E-state index contributed by atoms with van der Waals surface area (Å²) in [6, 6.07) is 10.8. The first kappa shape index (κ1) is 13.7. The third-order valence-electron chi connectivity index (χ3n) is 3.62. The van der Waals surface area contributed by atoms with Crippen molar-refractivity contribution in [3.63, 3.8) is 0 Å². The zero-order valence-corrected chi connectivity index (χ0v) is 11.5. The minimum absolute atomic E-state index is 0.117. The second-order valence-corrected chi connectivity index (χ2v) is 5.24. The van der Waals surface area contributed by atoms with Crippen LogP contribution < -0.4 is 5.32 Å². The molecule has 0 bridgehead atoms. The Morgan fingerprint density at radius 3 is 2.37 bits per heavy atom. The van der Waals surface area contributed by atoms with Gasteiger partial charge in [0.05, 0.1) is 0 Å². The molecule has 0 aliphatic heterocycles. The second-order valence-electron chi connectivity index (χ2n) is 5.24. The Morgan fingerprint density at radius 2 is 1.84 bits per heavy atom. The van der Waals surface area contributed by atoms with Crippen LogP contribution in [0.4, 0.5) is 4.39 Å². The molecule has 1 aromatic heterocycles. The van der Waals surface area contributed by atoms with Crippen LogP contribution in [0.5, 0.6) is 0 Å². The number of aromatic nitrogens is 1. The number of hydrogen-bond donors (Lipinski definition) is 1. The van der Waals surface area contributed by atoms with Gasteiger partial charge in [-0.05, 0) is 36.4 Å². The van der Waals surface area contributed by atoms with E-state index in [0.29, 0.717) is 0 Å². The lowest BCUT2D eigenvalue weighted by Crippen LogP contribution is -2.35. The van der Waals surface area contributed by atoms with E-state index in [-0.39, 0.29) is 17.3 Å². The smallest absolute Gasteiger partial charge is 0.123 e. The molecule has 2 nitrogen and oxygen atoms in total. The molecule has 1 N–H and O–H groups in total. The van der Waals surface area contributed by atoms with E-state index in [9.17, 15) is 4.39 Å². The van der Waals surface area contributed by atoms with Gasteiger partial charge in [-0.1, -0.05) is 32.0 Å².